The van der Waals surface area contributed by atoms with E-state index in [0.717, 1.165) is 12.5 Å². The number of halogens is 3. The van der Waals surface area contributed by atoms with E-state index in [4.69, 9.17) is 26.2 Å². The summed E-state index contributed by atoms with van der Waals surface area (Å²) in [7, 11) is 11.8. The minimum atomic E-state index is -4.40. The number of carbonyl (C=O) groups is 2. The van der Waals surface area contributed by atoms with Crippen molar-refractivity contribution in [1.82, 2.24) is 30.5 Å². The molecule has 3 amide bonds. The van der Waals surface area contributed by atoms with Crippen molar-refractivity contribution in [1.29, 1.82) is 0 Å². The van der Waals surface area contributed by atoms with Crippen LogP contribution < -0.4 is 11.1 Å². The summed E-state index contributed by atoms with van der Waals surface area (Å²) in [6, 6.07) is 5.01. The van der Waals surface area contributed by atoms with E-state index < -0.39 is 29.6 Å². The molecule has 1 aliphatic carbocycles. The number of carbonyl (C=O) groups excluding carboxylic acids is 2. The van der Waals surface area contributed by atoms with Gasteiger partial charge in [0.15, 0.2) is 11.8 Å². The van der Waals surface area contributed by atoms with Crippen molar-refractivity contribution >= 4 is 38.7 Å². The Morgan fingerprint density at radius 3 is 2.40 bits per heavy atom. The van der Waals surface area contributed by atoms with Gasteiger partial charge in [-0.2, -0.15) is 13.2 Å². The highest BCUT2D eigenvalue weighted by Gasteiger charge is 2.38. The number of amides is 3. The standard InChI is InChI=1S/C17H19B2F3N4O2.C4H5N3O2.C3H6/c1-9(28-10(2)17(20,21)22)5-14-24-12-4-3-11(6-13(12)25-14)7-26-15(27)23-8-16(26,18)19;1-2-3(4(5)8)7-9-6-2;1-2-3-1/h3-4,6,9-10H,5,7-8H2,1-2H3,(H,23,27)(H,24,25);1H3,(H2,5,8);1-3H2/t9-,10?;;/m1../s1. The van der Waals surface area contributed by atoms with E-state index in [0.29, 0.717) is 22.6 Å². The minimum Gasteiger partial charge on any atom is -0.366 e. The Bertz CT molecular complexity index is 1310. The molecule has 2 fully saturated rings. The van der Waals surface area contributed by atoms with Crippen molar-refractivity contribution in [3.05, 3.63) is 41.0 Å². The first-order valence-electron chi connectivity index (χ1n) is 12.6. The van der Waals surface area contributed by atoms with Crippen molar-refractivity contribution in [2.45, 2.75) is 76.7 Å². The van der Waals surface area contributed by atoms with Crippen molar-refractivity contribution in [3.8, 4) is 0 Å². The molecule has 40 heavy (non-hydrogen) atoms. The van der Waals surface area contributed by atoms with E-state index >= 15 is 0 Å². The van der Waals surface area contributed by atoms with E-state index in [2.05, 4.69) is 30.2 Å². The predicted molar refractivity (Wildman–Crippen MR) is 140 cm³/mol. The van der Waals surface area contributed by atoms with Crippen molar-refractivity contribution in [3.63, 3.8) is 0 Å². The predicted octanol–water partition coefficient (Wildman–Crippen LogP) is 2.62. The van der Waals surface area contributed by atoms with Gasteiger partial charge in [0, 0.05) is 19.5 Å². The third-order valence-corrected chi connectivity index (χ3v) is 5.82. The number of aromatic amines is 1. The summed E-state index contributed by atoms with van der Waals surface area (Å²) in [4.78, 5) is 31.0. The first-order valence-corrected chi connectivity index (χ1v) is 12.6. The number of nitrogens with one attached hydrogen (secondary N) is 2. The van der Waals surface area contributed by atoms with Crippen LogP contribution in [0.25, 0.3) is 11.0 Å². The van der Waals surface area contributed by atoms with Gasteiger partial charge in [-0.25, -0.2) is 14.4 Å². The zero-order valence-electron chi connectivity index (χ0n) is 22.4. The molecule has 1 aromatic carbocycles. The van der Waals surface area contributed by atoms with E-state index in [1.54, 1.807) is 32.0 Å². The van der Waals surface area contributed by atoms with Gasteiger partial charge < -0.3 is 25.7 Å². The van der Waals surface area contributed by atoms with Gasteiger partial charge in [0.1, 0.15) is 11.5 Å². The molecule has 16 heteroatoms. The van der Waals surface area contributed by atoms with Crippen LogP contribution >= 0.6 is 0 Å². The average molecular weight is 559 g/mol. The molecule has 1 unspecified atom stereocenters. The normalized spacial score (nSPS) is 17.2. The molecule has 4 N–H and O–H groups in total. The van der Waals surface area contributed by atoms with Crippen molar-refractivity contribution in [2.24, 2.45) is 5.73 Å². The second-order valence-electron chi connectivity index (χ2n) is 9.73. The lowest BCUT2D eigenvalue weighted by Gasteiger charge is -2.31. The Labute approximate surface area is 231 Å². The van der Waals surface area contributed by atoms with Crippen molar-refractivity contribution in [2.75, 3.05) is 6.54 Å². The van der Waals surface area contributed by atoms with Gasteiger partial charge >= 0.3 is 12.2 Å². The number of ether oxygens (including phenoxy) is 1. The number of H-pyrrole nitrogens is 1. The second-order valence-corrected chi connectivity index (χ2v) is 9.73. The molecule has 3 heterocycles. The van der Waals surface area contributed by atoms with Crippen LogP contribution in [0.2, 0.25) is 0 Å². The lowest BCUT2D eigenvalue weighted by Crippen LogP contribution is -2.47. The summed E-state index contributed by atoms with van der Waals surface area (Å²) in [5, 5.41) is 7.93. The van der Waals surface area contributed by atoms with Gasteiger partial charge in [-0.3, -0.25) is 4.79 Å². The zero-order valence-corrected chi connectivity index (χ0v) is 22.4. The maximum absolute atomic E-state index is 12.6. The Morgan fingerprint density at radius 1 is 1.25 bits per heavy atom. The molecule has 5 rings (SSSR count). The van der Waals surface area contributed by atoms with Gasteiger partial charge in [-0.1, -0.05) is 30.5 Å². The van der Waals surface area contributed by atoms with Crippen molar-refractivity contribution < 1.29 is 32.1 Å². The van der Waals surface area contributed by atoms with Gasteiger partial charge in [-0.15, -0.1) is 0 Å². The number of rotatable bonds is 7. The molecular weight excluding hydrogens is 529 g/mol. The first kappa shape index (κ1) is 31.0. The zero-order chi connectivity index (χ0) is 29.7. The minimum absolute atomic E-state index is 0.0926. The number of imidazole rings is 1. The summed E-state index contributed by atoms with van der Waals surface area (Å²) in [6.45, 7) is 4.50. The highest BCUT2D eigenvalue weighted by molar-refractivity contribution is 6.41. The first-order chi connectivity index (χ1) is 18.7. The third-order valence-electron chi connectivity index (χ3n) is 5.82. The summed E-state index contributed by atoms with van der Waals surface area (Å²) in [5.74, 6) is -0.103. The number of fused-ring (bicyclic) bond motifs is 1. The molecule has 3 aromatic rings. The summed E-state index contributed by atoms with van der Waals surface area (Å²) >= 11 is 0. The Hall–Kier alpha value is -3.55. The highest BCUT2D eigenvalue weighted by Crippen LogP contribution is 2.25. The SMILES string of the molecule is C1CC1.Cc1nonc1C(N)=O.[B]C1([B])CNC(=O)N1Cc1ccc2nc(C[C@@H](C)OC(C)C(F)(F)F)[nH]c2c1. The van der Waals surface area contributed by atoms with Crippen LogP contribution in [-0.2, 0) is 17.7 Å². The van der Waals surface area contributed by atoms with Gasteiger partial charge in [0.05, 0.1) is 32.8 Å². The number of aryl methyl sites for hydroxylation is 1. The average Bonchev–Trinajstić information content (AvgIpc) is 3.53. The van der Waals surface area contributed by atoms with E-state index in [1.807, 2.05) is 0 Å². The number of hydrogen-bond donors (Lipinski definition) is 3. The molecule has 1 saturated heterocycles. The Morgan fingerprint density at radius 2 is 1.93 bits per heavy atom. The third kappa shape index (κ3) is 8.73. The van der Waals surface area contributed by atoms with Crippen LogP contribution in [0.4, 0.5) is 18.0 Å². The molecule has 2 atom stereocenters. The smallest absolute Gasteiger partial charge is 0.366 e. The maximum atomic E-state index is 12.6. The molecule has 2 aromatic heterocycles. The van der Waals surface area contributed by atoms with Gasteiger partial charge in [0.2, 0.25) is 0 Å². The number of alkyl halides is 3. The molecule has 4 radical (unpaired) electrons. The number of nitrogens with two attached hydrogens (primary N) is 1. The lowest BCUT2D eigenvalue weighted by molar-refractivity contribution is -0.224. The summed E-state index contributed by atoms with van der Waals surface area (Å²) in [6.07, 6.45) is -2.22. The fraction of sp³-hybridized carbons (Fsp3) is 0.542. The quantitative estimate of drug-likeness (QED) is 0.377. The molecule has 1 saturated carbocycles. The Balaban J connectivity index is 0.000000301. The van der Waals surface area contributed by atoms with Crippen LogP contribution in [0, 0.1) is 6.92 Å². The fourth-order valence-corrected chi connectivity index (χ4v) is 3.50. The molecule has 11 nitrogen and oxygen atoms in total. The number of hydrogen-bond acceptors (Lipinski definition) is 7. The maximum Gasteiger partial charge on any atom is 0.414 e. The topological polar surface area (TPSA) is 152 Å². The summed E-state index contributed by atoms with van der Waals surface area (Å²) < 4.78 is 47.0. The number of primary amides is 1. The number of nitrogens with zero attached hydrogens (tertiary/aromatic N) is 4. The van der Waals surface area contributed by atoms with E-state index in [-0.39, 0.29) is 31.2 Å². The molecule has 0 spiro atoms. The molecular formula is C24H30B2F3N7O4. The van der Waals surface area contributed by atoms with Gasteiger partial charge in [-0.05, 0) is 49.0 Å². The summed E-state index contributed by atoms with van der Waals surface area (Å²) in [5.41, 5.74) is 7.51. The number of urea groups is 1. The molecule has 2 aliphatic rings. The molecule has 212 valence electrons. The van der Waals surface area contributed by atoms with Crippen LogP contribution in [0.15, 0.2) is 22.8 Å². The lowest BCUT2D eigenvalue weighted by atomic mass is 9.61. The van der Waals surface area contributed by atoms with E-state index in [1.165, 1.54) is 24.2 Å². The van der Waals surface area contributed by atoms with Crippen LogP contribution in [0.1, 0.15) is 60.7 Å². The highest BCUT2D eigenvalue weighted by atomic mass is 19.4. The Kier molecular flexibility index (Phi) is 9.87. The number of benzene rings is 1. The molecule has 1 aliphatic heterocycles. The molecule has 0 bridgehead atoms. The largest absolute Gasteiger partial charge is 0.414 e. The van der Waals surface area contributed by atoms with E-state index in [9.17, 15) is 22.8 Å². The fourth-order valence-electron chi connectivity index (χ4n) is 3.50. The van der Waals surface area contributed by atoms with Crippen LogP contribution in [0.3, 0.4) is 0 Å². The van der Waals surface area contributed by atoms with Gasteiger partial charge in [0.25, 0.3) is 5.91 Å². The number of aromatic nitrogens is 4. The second kappa shape index (κ2) is 12.7. The van der Waals surface area contributed by atoms with Crippen LogP contribution in [0.5, 0.6) is 0 Å². The van der Waals surface area contributed by atoms with Crippen LogP contribution in [-0.4, -0.2) is 83.1 Å². The monoisotopic (exact) mass is 559 g/mol.